The van der Waals surface area contributed by atoms with Crippen molar-refractivity contribution >= 4 is 11.5 Å². The maximum atomic E-state index is 12.9. The summed E-state index contributed by atoms with van der Waals surface area (Å²) in [6.45, 7) is 4.11. The van der Waals surface area contributed by atoms with Crippen LogP contribution < -0.4 is 11.3 Å². The number of nitrogens with zero attached hydrogens (tertiary/aromatic N) is 2. The van der Waals surface area contributed by atoms with Gasteiger partial charge < -0.3 is 0 Å². The zero-order chi connectivity index (χ0) is 13.1. The van der Waals surface area contributed by atoms with Crippen molar-refractivity contribution < 1.29 is 4.39 Å². The lowest BCUT2D eigenvalue weighted by Gasteiger charge is -2.16. The molecule has 4 nitrogen and oxygen atoms in total. The molecule has 18 heavy (non-hydrogen) atoms. The fourth-order valence-electron chi connectivity index (χ4n) is 1.78. The van der Waals surface area contributed by atoms with Crippen LogP contribution in [-0.4, -0.2) is 9.59 Å². The molecule has 1 aromatic heterocycles. The van der Waals surface area contributed by atoms with Crippen LogP contribution in [-0.2, 0) is 0 Å². The Morgan fingerprint density at radius 2 is 1.94 bits per heavy atom. The molecule has 0 bridgehead atoms. The van der Waals surface area contributed by atoms with Gasteiger partial charge in [-0.2, -0.15) is 0 Å². The first kappa shape index (κ1) is 13.1. The fourth-order valence-corrected chi connectivity index (χ4v) is 2.68. The Morgan fingerprint density at radius 1 is 1.28 bits per heavy atom. The van der Waals surface area contributed by atoms with E-state index in [9.17, 15) is 4.39 Å². The molecule has 96 valence electrons. The molecule has 1 atom stereocenters. The number of nitrogens with one attached hydrogen (secondary N) is 1. The zero-order valence-corrected chi connectivity index (χ0v) is 11.0. The van der Waals surface area contributed by atoms with Crippen LogP contribution in [0.5, 0.6) is 0 Å². The zero-order valence-electron chi connectivity index (χ0n) is 10.2. The molecule has 2 aromatic rings. The number of aromatic nitrogens is 2. The molecule has 0 amide bonds. The number of hydrogen-bond donors (Lipinski definition) is 2. The molecule has 1 aromatic carbocycles. The van der Waals surface area contributed by atoms with Crippen molar-refractivity contribution in [1.82, 2.24) is 15.0 Å². The lowest BCUT2D eigenvalue weighted by molar-refractivity contribution is 0.614. The highest BCUT2D eigenvalue weighted by atomic mass is 32.1. The predicted octanol–water partition coefficient (Wildman–Crippen LogP) is 2.35. The minimum Gasteiger partial charge on any atom is -0.271 e. The number of nitrogens with two attached hydrogens (primary N) is 1. The molecule has 2 rings (SSSR count). The molecular weight excluding hydrogens is 251 g/mol. The van der Waals surface area contributed by atoms with Crippen molar-refractivity contribution in [3.05, 3.63) is 46.2 Å². The monoisotopic (exact) mass is 266 g/mol. The molecule has 0 saturated carbocycles. The number of rotatable bonds is 4. The quantitative estimate of drug-likeness (QED) is 0.658. The summed E-state index contributed by atoms with van der Waals surface area (Å²) in [4.78, 5) is 0.971. The summed E-state index contributed by atoms with van der Waals surface area (Å²) in [5.74, 6) is 5.62. The van der Waals surface area contributed by atoms with E-state index in [-0.39, 0.29) is 17.8 Å². The van der Waals surface area contributed by atoms with Crippen molar-refractivity contribution in [2.75, 3.05) is 0 Å². The molecule has 6 heteroatoms. The van der Waals surface area contributed by atoms with Gasteiger partial charge in [0.25, 0.3) is 0 Å². The van der Waals surface area contributed by atoms with Crippen molar-refractivity contribution in [2.45, 2.75) is 25.8 Å². The molecule has 0 spiro atoms. The summed E-state index contributed by atoms with van der Waals surface area (Å²) in [6, 6.07) is 6.06. The molecule has 1 heterocycles. The smallest absolute Gasteiger partial charge is 0.123 e. The van der Waals surface area contributed by atoms with E-state index in [0.29, 0.717) is 0 Å². The van der Waals surface area contributed by atoms with Crippen LogP contribution >= 0.6 is 11.5 Å². The molecule has 0 saturated heterocycles. The first-order valence-corrected chi connectivity index (χ1v) is 6.44. The number of hydrazine groups is 1. The van der Waals surface area contributed by atoms with Gasteiger partial charge in [0, 0.05) is 0 Å². The molecular formula is C12H15FN4S. The SMILES string of the molecule is CC(C)c1nnsc1C(NN)c1ccc(F)cc1. The van der Waals surface area contributed by atoms with Crippen molar-refractivity contribution in [3.8, 4) is 0 Å². The van der Waals surface area contributed by atoms with Gasteiger partial charge in [-0.1, -0.05) is 30.5 Å². The van der Waals surface area contributed by atoms with Crippen molar-refractivity contribution in [2.24, 2.45) is 5.84 Å². The minimum absolute atomic E-state index is 0.206. The van der Waals surface area contributed by atoms with Gasteiger partial charge in [0.2, 0.25) is 0 Å². The standard InChI is InChI=1S/C12H15FN4S/c1-7(2)10-12(18-17-16-10)11(15-14)8-3-5-9(13)6-4-8/h3-7,11,15H,14H2,1-2H3. The third-order valence-electron chi connectivity index (χ3n) is 2.72. The highest BCUT2D eigenvalue weighted by Crippen LogP contribution is 2.30. The highest BCUT2D eigenvalue weighted by molar-refractivity contribution is 7.05. The van der Waals surface area contributed by atoms with Crippen LogP contribution in [0.4, 0.5) is 4.39 Å². The van der Waals surface area contributed by atoms with Gasteiger partial charge in [-0.05, 0) is 35.1 Å². The van der Waals surface area contributed by atoms with Gasteiger partial charge in [0.05, 0.1) is 16.6 Å². The van der Waals surface area contributed by atoms with E-state index in [0.717, 1.165) is 16.1 Å². The van der Waals surface area contributed by atoms with Gasteiger partial charge in [0.1, 0.15) is 5.82 Å². The molecule has 0 radical (unpaired) electrons. The average molecular weight is 266 g/mol. The lowest BCUT2D eigenvalue weighted by atomic mass is 10.0. The lowest BCUT2D eigenvalue weighted by Crippen LogP contribution is -2.29. The van der Waals surface area contributed by atoms with E-state index in [1.54, 1.807) is 12.1 Å². The number of benzene rings is 1. The molecule has 0 aliphatic rings. The van der Waals surface area contributed by atoms with Crippen LogP contribution in [0.2, 0.25) is 0 Å². The largest absolute Gasteiger partial charge is 0.271 e. The molecule has 0 aliphatic heterocycles. The Morgan fingerprint density at radius 3 is 2.50 bits per heavy atom. The Balaban J connectivity index is 2.39. The predicted molar refractivity (Wildman–Crippen MR) is 69.6 cm³/mol. The second-order valence-electron chi connectivity index (χ2n) is 4.33. The van der Waals surface area contributed by atoms with Gasteiger partial charge in [-0.15, -0.1) is 5.10 Å². The summed E-state index contributed by atoms with van der Waals surface area (Å²) in [5.41, 5.74) is 4.56. The maximum absolute atomic E-state index is 12.9. The highest BCUT2D eigenvalue weighted by Gasteiger charge is 2.21. The summed E-state index contributed by atoms with van der Waals surface area (Å²) >= 11 is 1.31. The van der Waals surface area contributed by atoms with E-state index >= 15 is 0 Å². The van der Waals surface area contributed by atoms with Crippen LogP contribution in [0.15, 0.2) is 24.3 Å². The molecule has 0 fully saturated rings. The first-order chi connectivity index (χ1) is 8.63. The molecule has 3 N–H and O–H groups in total. The minimum atomic E-state index is -0.263. The van der Waals surface area contributed by atoms with E-state index < -0.39 is 0 Å². The Bertz CT molecular complexity index is 509. The fraction of sp³-hybridized carbons (Fsp3) is 0.333. The Hall–Kier alpha value is -1.37. The van der Waals surface area contributed by atoms with E-state index in [4.69, 9.17) is 5.84 Å². The topological polar surface area (TPSA) is 63.8 Å². The second kappa shape index (κ2) is 5.51. The van der Waals surface area contributed by atoms with Crippen LogP contribution in [0, 0.1) is 5.82 Å². The first-order valence-electron chi connectivity index (χ1n) is 5.67. The van der Waals surface area contributed by atoms with E-state index in [1.165, 1.54) is 23.7 Å². The summed E-state index contributed by atoms with van der Waals surface area (Å²) in [7, 11) is 0. The molecule has 1 unspecified atom stereocenters. The summed E-state index contributed by atoms with van der Waals surface area (Å²) < 4.78 is 16.9. The van der Waals surface area contributed by atoms with Gasteiger partial charge >= 0.3 is 0 Å². The summed E-state index contributed by atoms with van der Waals surface area (Å²) in [6.07, 6.45) is 0. The number of halogens is 1. The van der Waals surface area contributed by atoms with Crippen LogP contribution in [0.25, 0.3) is 0 Å². The Kier molecular flexibility index (Phi) is 4.00. The van der Waals surface area contributed by atoms with Crippen molar-refractivity contribution in [1.29, 1.82) is 0 Å². The number of hydrogen-bond acceptors (Lipinski definition) is 5. The van der Waals surface area contributed by atoms with E-state index in [2.05, 4.69) is 28.9 Å². The van der Waals surface area contributed by atoms with Gasteiger partial charge in [-0.25, -0.2) is 9.82 Å². The average Bonchev–Trinajstić information content (AvgIpc) is 2.82. The third kappa shape index (κ3) is 2.55. The summed E-state index contributed by atoms with van der Waals surface area (Å²) in [5, 5.41) is 4.13. The van der Waals surface area contributed by atoms with Crippen LogP contribution in [0.1, 0.15) is 41.9 Å². The second-order valence-corrected chi connectivity index (χ2v) is 5.11. The van der Waals surface area contributed by atoms with Crippen molar-refractivity contribution in [3.63, 3.8) is 0 Å². The van der Waals surface area contributed by atoms with E-state index in [1.807, 2.05) is 0 Å². The van der Waals surface area contributed by atoms with Gasteiger partial charge in [-0.3, -0.25) is 5.84 Å². The normalized spacial score (nSPS) is 12.9. The Labute approximate surface area is 109 Å². The third-order valence-corrected chi connectivity index (χ3v) is 3.52. The maximum Gasteiger partial charge on any atom is 0.123 e. The molecule has 0 aliphatic carbocycles. The van der Waals surface area contributed by atoms with Crippen LogP contribution in [0.3, 0.4) is 0 Å². The van der Waals surface area contributed by atoms with Gasteiger partial charge in [0.15, 0.2) is 0 Å².